The standard InChI is InChI=1S/C5H11N.C5H10O.C4H9N.C4H8O.4C4H10/c2*1-2-4-6-5-3-1;2*1-2-4-5-3-1;4*1-4(2)3/h6H,1-5H2;1-5H2;5H,1-4H2;1-4H2;4*4H,1-3H3. The van der Waals surface area contributed by atoms with Crippen LogP contribution < -0.4 is 10.6 Å². The number of piperidine rings is 1. The summed E-state index contributed by atoms with van der Waals surface area (Å²) in [5.41, 5.74) is 0. The molecule has 0 saturated carbocycles. The molecule has 38 heavy (non-hydrogen) atoms. The largest absolute Gasteiger partial charge is 0.381 e. The van der Waals surface area contributed by atoms with Crippen LogP contribution in [0.4, 0.5) is 0 Å². The monoisotopic (exact) mass is 547 g/mol. The van der Waals surface area contributed by atoms with E-state index < -0.39 is 0 Å². The summed E-state index contributed by atoms with van der Waals surface area (Å²) >= 11 is 0. The molecule has 4 aliphatic heterocycles. The van der Waals surface area contributed by atoms with Crippen molar-refractivity contribution in [1.82, 2.24) is 10.6 Å². The molecular weight excluding hydrogens is 468 g/mol. The Morgan fingerprint density at radius 1 is 0.316 bits per heavy atom. The Balaban J connectivity index is -0.000000175. The average Bonchev–Trinajstić information content (AvgIpc) is 3.60. The van der Waals surface area contributed by atoms with Crippen molar-refractivity contribution in [3.63, 3.8) is 0 Å². The van der Waals surface area contributed by atoms with Gasteiger partial charge in [-0.15, -0.1) is 0 Å². The average molecular weight is 547 g/mol. The maximum atomic E-state index is 5.07. The van der Waals surface area contributed by atoms with Gasteiger partial charge in [0.2, 0.25) is 0 Å². The molecule has 0 amide bonds. The van der Waals surface area contributed by atoms with Crippen molar-refractivity contribution >= 4 is 0 Å². The van der Waals surface area contributed by atoms with Gasteiger partial charge in [-0.25, -0.2) is 0 Å². The molecule has 0 spiro atoms. The predicted molar refractivity (Wildman–Crippen MR) is 176 cm³/mol. The normalized spacial score (nSPS) is 17.7. The maximum Gasteiger partial charge on any atom is 0.0466 e. The molecule has 0 aromatic carbocycles. The van der Waals surface area contributed by atoms with E-state index in [1.165, 1.54) is 90.4 Å². The molecular formula is C34H78N2O2. The molecule has 4 fully saturated rings. The van der Waals surface area contributed by atoms with E-state index in [9.17, 15) is 0 Å². The first-order valence-electron chi connectivity index (χ1n) is 16.5. The van der Waals surface area contributed by atoms with Crippen LogP contribution >= 0.6 is 0 Å². The Labute approximate surface area is 243 Å². The highest BCUT2D eigenvalue weighted by Crippen LogP contribution is 2.02. The minimum absolute atomic E-state index is 0.833. The highest BCUT2D eigenvalue weighted by molar-refractivity contribution is 4.56. The number of hydrogen-bond acceptors (Lipinski definition) is 4. The second kappa shape index (κ2) is 41.3. The summed E-state index contributed by atoms with van der Waals surface area (Å²) in [6, 6.07) is 0. The van der Waals surface area contributed by atoms with Gasteiger partial charge in [-0.2, -0.15) is 0 Å². The van der Waals surface area contributed by atoms with Crippen molar-refractivity contribution in [3.05, 3.63) is 0 Å². The lowest BCUT2D eigenvalue weighted by molar-refractivity contribution is 0.0968. The van der Waals surface area contributed by atoms with Gasteiger partial charge in [0.15, 0.2) is 0 Å². The maximum absolute atomic E-state index is 5.07. The SMILES string of the molecule is C1CCNC1.C1CCNCC1.C1CCOC1.C1CCOCC1.CC(C)C.CC(C)C.CC(C)C.CC(C)C. The molecule has 0 bridgehead atoms. The molecule has 236 valence electrons. The van der Waals surface area contributed by atoms with Crippen molar-refractivity contribution in [2.75, 3.05) is 52.6 Å². The fraction of sp³-hybridized carbons (Fsp3) is 1.00. The van der Waals surface area contributed by atoms with Gasteiger partial charge in [-0.05, 0) is 108 Å². The summed E-state index contributed by atoms with van der Waals surface area (Å²) in [7, 11) is 0. The van der Waals surface area contributed by atoms with E-state index in [4.69, 9.17) is 9.47 Å². The molecule has 4 aliphatic rings. The molecule has 0 radical (unpaired) electrons. The fourth-order valence-corrected chi connectivity index (χ4v) is 2.62. The minimum Gasteiger partial charge on any atom is -0.381 e. The van der Waals surface area contributed by atoms with Gasteiger partial charge in [-0.3, -0.25) is 0 Å². The Morgan fingerprint density at radius 2 is 0.500 bits per heavy atom. The second-order valence-electron chi connectivity index (χ2n) is 13.2. The van der Waals surface area contributed by atoms with Crippen molar-refractivity contribution in [2.45, 2.75) is 147 Å². The van der Waals surface area contributed by atoms with Crippen molar-refractivity contribution in [3.8, 4) is 0 Å². The van der Waals surface area contributed by atoms with Gasteiger partial charge < -0.3 is 20.1 Å². The van der Waals surface area contributed by atoms with Gasteiger partial charge >= 0.3 is 0 Å². The molecule has 0 aromatic rings. The van der Waals surface area contributed by atoms with E-state index in [2.05, 4.69) is 93.7 Å². The molecule has 4 nitrogen and oxygen atoms in total. The quantitative estimate of drug-likeness (QED) is 0.317. The lowest BCUT2D eigenvalue weighted by Gasteiger charge is -2.08. The molecule has 4 rings (SSSR count). The summed E-state index contributed by atoms with van der Waals surface area (Å²) in [4.78, 5) is 0. The third-order valence-corrected chi connectivity index (χ3v) is 4.07. The van der Waals surface area contributed by atoms with E-state index in [1.54, 1.807) is 0 Å². The van der Waals surface area contributed by atoms with Crippen LogP contribution in [-0.4, -0.2) is 52.6 Å². The lowest BCUT2D eigenvalue weighted by atomic mass is 10.2. The van der Waals surface area contributed by atoms with Crippen LogP contribution in [0.3, 0.4) is 0 Å². The number of nitrogens with one attached hydrogen (secondary N) is 2. The van der Waals surface area contributed by atoms with Crippen molar-refractivity contribution < 1.29 is 9.47 Å². The molecule has 0 unspecified atom stereocenters. The van der Waals surface area contributed by atoms with E-state index in [1.807, 2.05) is 0 Å². The summed E-state index contributed by atoms with van der Waals surface area (Å²) < 4.78 is 10.0. The van der Waals surface area contributed by atoms with Crippen LogP contribution in [0.1, 0.15) is 147 Å². The Bertz CT molecular complexity index is 249. The zero-order chi connectivity index (χ0) is 29.9. The summed E-state index contributed by atoms with van der Waals surface area (Å²) in [6.45, 7) is 35.0. The molecule has 0 aromatic heterocycles. The van der Waals surface area contributed by atoms with Gasteiger partial charge in [-0.1, -0.05) is 89.5 Å². The van der Waals surface area contributed by atoms with Crippen LogP contribution in [0.15, 0.2) is 0 Å². The van der Waals surface area contributed by atoms with Crippen molar-refractivity contribution in [1.29, 1.82) is 0 Å². The summed E-state index contributed by atoms with van der Waals surface area (Å²) in [5.74, 6) is 3.33. The van der Waals surface area contributed by atoms with E-state index >= 15 is 0 Å². The third kappa shape index (κ3) is 91.2. The molecule has 0 aliphatic carbocycles. The molecule has 4 saturated heterocycles. The zero-order valence-electron chi connectivity index (χ0n) is 28.9. The van der Waals surface area contributed by atoms with E-state index in [0.717, 1.165) is 50.1 Å². The van der Waals surface area contributed by atoms with E-state index in [0.29, 0.717) is 0 Å². The Kier molecular flexibility index (Phi) is 48.8. The third-order valence-electron chi connectivity index (χ3n) is 4.07. The predicted octanol–water partition coefficient (Wildman–Crippen LogP) is 9.76. The second-order valence-corrected chi connectivity index (χ2v) is 13.2. The van der Waals surface area contributed by atoms with Crippen LogP contribution in [-0.2, 0) is 9.47 Å². The fourth-order valence-electron chi connectivity index (χ4n) is 2.62. The van der Waals surface area contributed by atoms with Gasteiger partial charge in [0.1, 0.15) is 0 Å². The Hall–Kier alpha value is -0.160. The van der Waals surface area contributed by atoms with Crippen LogP contribution in [0.5, 0.6) is 0 Å². The van der Waals surface area contributed by atoms with Crippen LogP contribution in [0, 0.1) is 23.7 Å². The molecule has 0 atom stereocenters. The first-order valence-corrected chi connectivity index (χ1v) is 16.5. The number of ether oxygens (including phenoxy) is 2. The first-order chi connectivity index (χ1) is 17.9. The number of hydrogen-bond donors (Lipinski definition) is 2. The molecule has 4 heterocycles. The summed E-state index contributed by atoms with van der Waals surface area (Å²) in [6.07, 6.45) is 13.5. The first kappa shape index (κ1) is 44.8. The van der Waals surface area contributed by atoms with Gasteiger partial charge in [0, 0.05) is 26.4 Å². The van der Waals surface area contributed by atoms with Crippen LogP contribution in [0.2, 0.25) is 0 Å². The van der Waals surface area contributed by atoms with Gasteiger partial charge in [0.05, 0.1) is 0 Å². The Morgan fingerprint density at radius 3 is 0.605 bits per heavy atom. The molecule has 2 N–H and O–H groups in total. The smallest absolute Gasteiger partial charge is 0.0466 e. The zero-order valence-corrected chi connectivity index (χ0v) is 28.9. The van der Waals surface area contributed by atoms with Crippen molar-refractivity contribution in [2.24, 2.45) is 23.7 Å². The molecule has 4 heteroatoms. The number of rotatable bonds is 0. The highest BCUT2D eigenvalue weighted by atomic mass is 16.5. The highest BCUT2D eigenvalue weighted by Gasteiger charge is 1.96. The summed E-state index contributed by atoms with van der Waals surface area (Å²) in [5, 5.41) is 6.51. The van der Waals surface area contributed by atoms with Crippen LogP contribution in [0.25, 0.3) is 0 Å². The van der Waals surface area contributed by atoms with Gasteiger partial charge in [0.25, 0.3) is 0 Å². The topological polar surface area (TPSA) is 42.5 Å². The minimum atomic E-state index is 0.833. The lowest BCUT2D eigenvalue weighted by Crippen LogP contribution is -2.21. The van der Waals surface area contributed by atoms with E-state index in [-0.39, 0.29) is 0 Å².